The number of benzene rings is 2. The van der Waals surface area contributed by atoms with Gasteiger partial charge in [-0.15, -0.1) is 33.6 Å². The predicted octanol–water partition coefficient (Wildman–Crippen LogP) is 4.90. The minimum absolute atomic E-state index is 0.214. The number of thioether (sulfide) groups is 1. The summed E-state index contributed by atoms with van der Waals surface area (Å²) in [4.78, 5) is 0. The molecule has 0 amide bonds. The SMILES string of the molecule is CCSC(c1nnc(-c2ccc(OCCCl)cc2)o1)c1ccccc1O. The number of rotatable bonds is 8. The second-order valence-corrected chi connectivity index (χ2v) is 7.16. The standard InChI is InChI=1S/C19H19ClN2O3S/c1-2-26-17(15-5-3-4-6-16(15)23)19-22-21-18(25-19)13-7-9-14(10-8-13)24-12-11-20/h3-10,17,23H,2,11-12H2,1H3. The van der Waals surface area contributed by atoms with Crippen molar-refractivity contribution < 1.29 is 14.3 Å². The fourth-order valence-corrected chi connectivity index (χ4v) is 3.50. The number of aromatic hydroxyl groups is 1. The number of aromatic nitrogens is 2. The summed E-state index contributed by atoms with van der Waals surface area (Å²) < 4.78 is 11.4. The highest BCUT2D eigenvalue weighted by atomic mass is 35.5. The van der Waals surface area contributed by atoms with Crippen LogP contribution in [0.15, 0.2) is 52.9 Å². The van der Waals surface area contributed by atoms with Gasteiger partial charge in [-0.05, 0) is 36.1 Å². The van der Waals surface area contributed by atoms with Crippen LogP contribution in [-0.4, -0.2) is 33.5 Å². The molecule has 136 valence electrons. The molecule has 0 fully saturated rings. The molecular weight excluding hydrogens is 372 g/mol. The highest BCUT2D eigenvalue weighted by Crippen LogP contribution is 2.39. The monoisotopic (exact) mass is 390 g/mol. The van der Waals surface area contributed by atoms with Gasteiger partial charge in [0.25, 0.3) is 0 Å². The minimum Gasteiger partial charge on any atom is -0.508 e. The average molecular weight is 391 g/mol. The summed E-state index contributed by atoms with van der Waals surface area (Å²) in [5.74, 6) is 3.15. The van der Waals surface area contributed by atoms with Gasteiger partial charge < -0.3 is 14.3 Å². The molecule has 2 aromatic carbocycles. The summed E-state index contributed by atoms with van der Waals surface area (Å²) in [6.07, 6.45) is 0. The first-order valence-corrected chi connectivity index (χ1v) is 9.83. The number of nitrogens with zero attached hydrogens (tertiary/aromatic N) is 2. The van der Waals surface area contributed by atoms with Crippen molar-refractivity contribution in [2.75, 3.05) is 18.2 Å². The first kappa shape index (κ1) is 18.6. The topological polar surface area (TPSA) is 68.4 Å². The summed E-state index contributed by atoms with van der Waals surface area (Å²) in [6, 6.07) is 14.6. The highest BCUT2D eigenvalue weighted by molar-refractivity contribution is 7.99. The second-order valence-electron chi connectivity index (χ2n) is 5.40. The fourth-order valence-electron chi connectivity index (χ4n) is 2.48. The van der Waals surface area contributed by atoms with E-state index in [9.17, 15) is 5.11 Å². The number of hydrogen-bond acceptors (Lipinski definition) is 6. The van der Waals surface area contributed by atoms with Gasteiger partial charge in [-0.2, -0.15) is 0 Å². The Bertz CT molecular complexity index is 839. The number of phenolic OH excluding ortho intramolecular Hbond substituents is 1. The Morgan fingerprint density at radius 2 is 1.92 bits per heavy atom. The van der Waals surface area contributed by atoms with E-state index in [1.807, 2.05) is 36.4 Å². The van der Waals surface area contributed by atoms with Crippen LogP contribution in [0.1, 0.15) is 23.6 Å². The van der Waals surface area contributed by atoms with E-state index in [0.29, 0.717) is 24.3 Å². The summed E-state index contributed by atoms with van der Waals surface area (Å²) >= 11 is 7.25. The molecule has 7 heteroatoms. The molecule has 26 heavy (non-hydrogen) atoms. The molecule has 0 aliphatic carbocycles. The van der Waals surface area contributed by atoms with Crippen molar-refractivity contribution in [1.29, 1.82) is 0 Å². The van der Waals surface area contributed by atoms with Gasteiger partial charge in [0.05, 0.1) is 5.88 Å². The number of para-hydroxylation sites is 1. The number of phenols is 1. The predicted molar refractivity (Wildman–Crippen MR) is 104 cm³/mol. The quantitative estimate of drug-likeness (QED) is 0.551. The first-order chi connectivity index (χ1) is 12.7. The van der Waals surface area contributed by atoms with Gasteiger partial charge in [0.15, 0.2) is 0 Å². The molecule has 1 N–H and O–H groups in total. The van der Waals surface area contributed by atoms with E-state index in [4.69, 9.17) is 20.8 Å². The van der Waals surface area contributed by atoms with Gasteiger partial charge in [0, 0.05) is 11.1 Å². The van der Waals surface area contributed by atoms with Crippen molar-refractivity contribution in [2.24, 2.45) is 0 Å². The molecule has 0 spiro atoms. The molecule has 1 aromatic heterocycles. The van der Waals surface area contributed by atoms with E-state index in [1.54, 1.807) is 23.9 Å². The van der Waals surface area contributed by atoms with Crippen molar-refractivity contribution >= 4 is 23.4 Å². The van der Waals surface area contributed by atoms with Gasteiger partial charge in [-0.3, -0.25) is 0 Å². The van der Waals surface area contributed by atoms with Crippen LogP contribution in [0.2, 0.25) is 0 Å². The summed E-state index contributed by atoms with van der Waals surface area (Å²) in [7, 11) is 0. The Kier molecular flexibility index (Phi) is 6.41. The second kappa shape index (κ2) is 8.96. The maximum Gasteiger partial charge on any atom is 0.247 e. The molecule has 0 bridgehead atoms. The minimum atomic E-state index is -0.214. The molecular formula is C19H19ClN2O3S. The Hall–Kier alpha value is -2.18. The lowest BCUT2D eigenvalue weighted by Gasteiger charge is -2.13. The number of halogens is 1. The Labute approximate surface area is 161 Å². The molecule has 0 saturated heterocycles. The lowest BCUT2D eigenvalue weighted by atomic mass is 10.1. The van der Waals surface area contributed by atoms with Gasteiger partial charge in [-0.1, -0.05) is 25.1 Å². The van der Waals surface area contributed by atoms with Crippen LogP contribution in [0.4, 0.5) is 0 Å². The number of hydrogen-bond donors (Lipinski definition) is 1. The van der Waals surface area contributed by atoms with Crippen LogP contribution in [-0.2, 0) is 0 Å². The van der Waals surface area contributed by atoms with Crippen LogP contribution >= 0.6 is 23.4 Å². The first-order valence-electron chi connectivity index (χ1n) is 8.25. The smallest absolute Gasteiger partial charge is 0.247 e. The van der Waals surface area contributed by atoms with E-state index < -0.39 is 0 Å². The van der Waals surface area contributed by atoms with Crippen molar-refractivity contribution in [3.05, 3.63) is 60.0 Å². The zero-order valence-corrected chi connectivity index (χ0v) is 15.8. The van der Waals surface area contributed by atoms with Crippen LogP contribution in [0.25, 0.3) is 11.5 Å². The van der Waals surface area contributed by atoms with Crippen LogP contribution in [0.5, 0.6) is 11.5 Å². The van der Waals surface area contributed by atoms with Gasteiger partial charge in [0.2, 0.25) is 11.8 Å². The van der Waals surface area contributed by atoms with Crippen molar-refractivity contribution in [3.63, 3.8) is 0 Å². The molecule has 3 aromatic rings. The average Bonchev–Trinajstić information content (AvgIpc) is 3.15. The summed E-state index contributed by atoms with van der Waals surface area (Å²) in [6.45, 7) is 2.51. The zero-order chi connectivity index (χ0) is 18.4. The molecule has 0 aliphatic heterocycles. The van der Waals surface area contributed by atoms with E-state index in [2.05, 4.69) is 17.1 Å². The molecule has 1 unspecified atom stereocenters. The Balaban J connectivity index is 1.84. The lowest BCUT2D eigenvalue weighted by Crippen LogP contribution is -1.98. The van der Waals surface area contributed by atoms with E-state index in [0.717, 1.165) is 22.6 Å². The van der Waals surface area contributed by atoms with Gasteiger partial charge >= 0.3 is 0 Å². The maximum atomic E-state index is 10.2. The molecule has 0 radical (unpaired) electrons. The van der Waals surface area contributed by atoms with E-state index in [-0.39, 0.29) is 11.0 Å². The third-order valence-corrected chi connectivity index (χ3v) is 4.94. The van der Waals surface area contributed by atoms with Crippen LogP contribution in [0.3, 0.4) is 0 Å². The molecule has 5 nitrogen and oxygen atoms in total. The zero-order valence-electron chi connectivity index (χ0n) is 14.3. The normalized spacial score (nSPS) is 12.1. The molecule has 3 rings (SSSR count). The largest absolute Gasteiger partial charge is 0.508 e. The van der Waals surface area contributed by atoms with Crippen molar-refractivity contribution in [3.8, 4) is 23.0 Å². The highest BCUT2D eigenvalue weighted by Gasteiger charge is 2.23. The molecule has 0 aliphatic rings. The molecule has 1 atom stereocenters. The third kappa shape index (κ3) is 4.31. The van der Waals surface area contributed by atoms with Crippen LogP contribution < -0.4 is 4.74 Å². The van der Waals surface area contributed by atoms with Gasteiger partial charge in [-0.25, -0.2) is 0 Å². The molecule has 0 saturated carbocycles. The van der Waals surface area contributed by atoms with Crippen molar-refractivity contribution in [1.82, 2.24) is 10.2 Å². The van der Waals surface area contributed by atoms with E-state index in [1.165, 1.54) is 0 Å². The van der Waals surface area contributed by atoms with Crippen molar-refractivity contribution in [2.45, 2.75) is 12.2 Å². The fraction of sp³-hybridized carbons (Fsp3) is 0.263. The Morgan fingerprint density at radius 3 is 2.62 bits per heavy atom. The van der Waals surface area contributed by atoms with Gasteiger partial charge in [0.1, 0.15) is 23.4 Å². The van der Waals surface area contributed by atoms with Crippen LogP contribution in [0, 0.1) is 0 Å². The number of alkyl halides is 1. The molecule has 1 heterocycles. The Morgan fingerprint density at radius 1 is 1.15 bits per heavy atom. The maximum absolute atomic E-state index is 10.2. The van der Waals surface area contributed by atoms with E-state index >= 15 is 0 Å². The summed E-state index contributed by atoms with van der Waals surface area (Å²) in [5, 5.41) is 18.3. The third-order valence-electron chi connectivity index (χ3n) is 3.66. The summed E-state index contributed by atoms with van der Waals surface area (Å²) in [5.41, 5.74) is 1.57. The number of ether oxygens (including phenoxy) is 1. The lowest BCUT2D eigenvalue weighted by molar-refractivity contribution is 0.343.